The molecule has 2 nitrogen and oxygen atoms in total. The van der Waals surface area contributed by atoms with Crippen LogP contribution in [0.25, 0.3) is 5.57 Å². The summed E-state index contributed by atoms with van der Waals surface area (Å²) in [7, 11) is 0. The molecule has 0 bridgehead atoms. The van der Waals surface area contributed by atoms with Crippen molar-refractivity contribution in [1.82, 2.24) is 5.32 Å². The van der Waals surface area contributed by atoms with Crippen molar-refractivity contribution in [2.45, 2.75) is 6.42 Å². The van der Waals surface area contributed by atoms with E-state index in [2.05, 4.69) is 5.32 Å². The first-order valence-corrected chi connectivity index (χ1v) is 4.90. The number of rotatable bonds is 1. The number of nitrogens with zero attached hydrogens (tertiary/aromatic N) is 1. The Hall–Kier alpha value is -1.66. The van der Waals surface area contributed by atoms with Gasteiger partial charge in [-0.05, 0) is 42.3 Å². The van der Waals surface area contributed by atoms with Crippen LogP contribution in [-0.2, 0) is 0 Å². The minimum atomic E-state index is -0.344. The van der Waals surface area contributed by atoms with Gasteiger partial charge in [0.25, 0.3) is 0 Å². The molecule has 1 aromatic carbocycles. The van der Waals surface area contributed by atoms with Crippen molar-refractivity contribution in [3.05, 3.63) is 41.2 Å². The molecule has 0 aromatic heterocycles. The summed E-state index contributed by atoms with van der Waals surface area (Å²) in [6.07, 6.45) is 2.92. The van der Waals surface area contributed by atoms with E-state index in [0.29, 0.717) is 5.56 Å². The fourth-order valence-electron chi connectivity index (χ4n) is 1.72. The van der Waals surface area contributed by atoms with E-state index in [1.807, 2.05) is 12.1 Å². The fourth-order valence-corrected chi connectivity index (χ4v) is 1.72. The van der Waals surface area contributed by atoms with Crippen LogP contribution in [0.1, 0.15) is 17.5 Å². The first kappa shape index (κ1) is 9.88. The maximum Gasteiger partial charge on any atom is 0.125 e. The van der Waals surface area contributed by atoms with Gasteiger partial charge in [0.2, 0.25) is 0 Å². The van der Waals surface area contributed by atoms with Gasteiger partial charge in [0.1, 0.15) is 5.82 Å². The molecule has 0 fully saturated rings. The summed E-state index contributed by atoms with van der Waals surface area (Å²) in [4.78, 5) is 0. The van der Waals surface area contributed by atoms with Crippen LogP contribution in [0.4, 0.5) is 4.39 Å². The standard InChI is InChI=1S/C12H11FN2/c13-12-6-9(8-14)5-11(7-12)10-1-3-15-4-2-10/h1,5-7,15H,2-4H2. The highest BCUT2D eigenvalue weighted by Crippen LogP contribution is 2.21. The summed E-state index contributed by atoms with van der Waals surface area (Å²) in [5.74, 6) is -0.344. The zero-order valence-corrected chi connectivity index (χ0v) is 8.26. The summed E-state index contributed by atoms with van der Waals surface area (Å²) in [6.45, 7) is 1.72. The van der Waals surface area contributed by atoms with Crippen LogP contribution < -0.4 is 5.32 Å². The van der Waals surface area contributed by atoms with E-state index < -0.39 is 0 Å². The van der Waals surface area contributed by atoms with Crippen molar-refractivity contribution in [3.8, 4) is 6.07 Å². The van der Waals surface area contributed by atoms with Crippen molar-refractivity contribution >= 4 is 5.57 Å². The molecule has 0 atom stereocenters. The number of nitriles is 1. The lowest BCUT2D eigenvalue weighted by molar-refractivity contribution is 0.626. The van der Waals surface area contributed by atoms with Crippen molar-refractivity contribution in [3.63, 3.8) is 0 Å². The van der Waals surface area contributed by atoms with Crippen LogP contribution in [0.5, 0.6) is 0 Å². The molecule has 1 aliphatic heterocycles. The predicted molar refractivity (Wildman–Crippen MR) is 56.6 cm³/mol. The van der Waals surface area contributed by atoms with E-state index >= 15 is 0 Å². The normalized spacial score (nSPS) is 15.6. The highest BCUT2D eigenvalue weighted by Gasteiger charge is 2.08. The molecule has 2 rings (SSSR count). The zero-order valence-electron chi connectivity index (χ0n) is 8.26. The third-order valence-electron chi connectivity index (χ3n) is 2.46. The molecule has 1 heterocycles. The largest absolute Gasteiger partial charge is 0.313 e. The summed E-state index contributed by atoms with van der Waals surface area (Å²) >= 11 is 0. The number of benzene rings is 1. The number of hydrogen-bond donors (Lipinski definition) is 1. The van der Waals surface area contributed by atoms with E-state index in [1.54, 1.807) is 6.07 Å². The van der Waals surface area contributed by atoms with Gasteiger partial charge >= 0.3 is 0 Å². The Morgan fingerprint density at radius 3 is 2.87 bits per heavy atom. The minimum Gasteiger partial charge on any atom is -0.313 e. The van der Waals surface area contributed by atoms with Gasteiger partial charge in [0.15, 0.2) is 0 Å². The minimum absolute atomic E-state index is 0.344. The smallest absolute Gasteiger partial charge is 0.125 e. The van der Waals surface area contributed by atoms with Crippen LogP contribution in [0.3, 0.4) is 0 Å². The summed E-state index contributed by atoms with van der Waals surface area (Å²) < 4.78 is 13.2. The van der Waals surface area contributed by atoms with Gasteiger partial charge in [-0.15, -0.1) is 0 Å². The molecule has 0 unspecified atom stereocenters. The molecule has 3 heteroatoms. The maximum absolute atomic E-state index is 13.2. The highest BCUT2D eigenvalue weighted by molar-refractivity contribution is 5.67. The van der Waals surface area contributed by atoms with Gasteiger partial charge in [0, 0.05) is 6.54 Å². The van der Waals surface area contributed by atoms with Crippen LogP contribution in [-0.4, -0.2) is 13.1 Å². The molecule has 1 aliphatic rings. The van der Waals surface area contributed by atoms with Crippen molar-refractivity contribution < 1.29 is 4.39 Å². The lowest BCUT2D eigenvalue weighted by atomic mass is 9.98. The van der Waals surface area contributed by atoms with Gasteiger partial charge in [-0.25, -0.2) is 4.39 Å². The van der Waals surface area contributed by atoms with Crippen LogP contribution in [0, 0.1) is 17.1 Å². The molecular weight excluding hydrogens is 191 g/mol. The Morgan fingerprint density at radius 2 is 2.20 bits per heavy atom. The molecule has 15 heavy (non-hydrogen) atoms. The lowest BCUT2D eigenvalue weighted by Crippen LogP contribution is -2.20. The Labute approximate surface area is 88.0 Å². The Morgan fingerprint density at radius 1 is 1.33 bits per heavy atom. The predicted octanol–water partition coefficient (Wildman–Crippen LogP) is 2.07. The van der Waals surface area contributed by atoms with E-state index in [9.17, 15) is 4.39 Å². The van der Waals surface area contributed by atoms with E-state index in [4.69, 9.17) is 5.26 Å². The summed E-state index contributed by atoms with van der Waals surface area (Å²) in [5, 5.41) is 11.9. The molecule has 1 N–H and O–H groups in total. The zero-order chi connectivity index (χ0) is 10.7. The first-order chi connectivity index (χ1) is 7.29. The summed E-state index contributed by atoms with van der Waals surface area (Å²) in [6, 6.07) is 6.44. The molecular formula is C12H11FN2. The highest BCUT2D eigenvalue weighted by atomic mass is 19.1. The SMILES string of the molecule is N#Cc1cc(F)cc(C2=CCNCC2)c1. The summed E-state index contributed by atoms with van der Waals surface area (Å²) in [5.41, 5.74) is 2.32. The van der Waals surface area contributed by atoms with E-state index in [0.717, 1.165) is 30.6 Å². The average Bonchev–Trinajstić information content (AvgIpc) is 2.29. The second-order valence-corrected chi connectivity index (χ2v) is 3.52. The molecule has 76 valence electrons. The third-order valence-corrected chi connectivity index (χ3v) is 2.46. The third kappa shape index (κ3) is 2.23. The molecule has 0 spiro atoms. The Balaban J connectivity index is 2.39. The van der Waals surface area contributed by atoms with Crippen molar-refractivity contribution in [1.29, 1.82) is 5.26 Å². The number of hydrogen-bond acceptors (Lipinski definition) is 2. The van der Waals surface area contributed by atoms with Crippen LogP contribution in [0.15, 0.2) is 24.3 Å². The number of halogens is 1. The van der Waals surface area contributed by atoms with E-state index in [1.165, 1.54) is 12.1 Å². The van der Waals surface area contributed by atoms with Crippen molar-refractivity contribution in [2.24, 2.45) is 0 Å². The van der Waals surface area contributed by atoms with E-state index in [-0.39, 0.29) is 5.82 Å². The quantitative estimate of drug-likeness (QED) is 0.756. The number of nitrogens with one attached hydrogen (secondary N) is 1. The Bertz CT molecular complexity index is 443. The van der Waals surface area contributed by atoms with Gasteiger partial charge in [-0.2, -0.15) is 5.26 Å². The lowest BCUT2D eigenvalue weighted by Gasteiger charge is -2.14. The van der Waals surface area contributed by atoms with Crippen LogP contribution in [0.2, 0.25) is 0 Å². The molecule has 0 saturated carbocycles. The van der Waals surface area contributed by atoms with Gasteiger partial charge in [0.05, 0.1) is 11.6 Å². The second kappa shape index (κ2) is 4.24. The molecule has 0 amide bonds. The second-order valence-electron chi connectivity index (χ2n) is 3.52. The Kier molecular flexibility index (Phi) is 2.79. The van der Waals surface area contributed by atoms with Crippen molar-refractivity contribution in [2.75, 3.05) is 13.1 Å². The maximum atomic E-state index is 13.2. The molecule has 0 saturated heterocycles. The van der Waals surface area contributed by atoms with Gasteiger partial charge in [-0.3, -0.25) is 0 Å². The van der Waals surface area contributed by atoms with Gasteiger partial charge in [-0.1, -0.05) is 6.08 Å². The molecule has 1 aromatic rings. The fraction of sp³-hybridized carbons (Fsp3) is 0.250. The first-order valence-electron chi connectivity index (χ1n) is 4.90. The monoisotopic (exact) mass is 202 g/mol. The van der Waals surface area contributed by atoms with Gasteiger partial charge < -0.3 is 5.32 Å². The molecule has 0 aliphatic carbocycles. The molecule has 0 radical (unpaired) electrons. The topological polar surface area (TPSA) is 35.8 Å². The van der Waals surface area contributed by atoms with Crippen LogP contribution >= 0.6 is 0 Å². The average molecular weight is 202 g/mol.